The van der Waals surface area contributed by atoms with E-state index in [4.69, 9.17) is 23.4 Å². The van der Waals surface area contributed by atoms with Crippen LogP contribution in [0.25, 0.3) is 11.0 Å². The average Bonchev–Trinajstić information content (AvgIpc) is 3.08. The van der Waals surface area contributed by atoms with Gasteiger partial charge >= 0.3 is 0 Å². The topological polar surface area (TPSA) is 87.4 Å². The van der Waals surface area contributed by atoms with Gasteiger partial charge in [0.25, 0.3) is 5.91 Å². The van der Waals surface area contributed by atoms with Crippen LogP contribution in [0, 0.1) is 6.92 Å². The molecule has 0 unspecified atom stereocenters. The first kappa shape index (κ1) is 21.7. The van der Waals surface area contributed by atoms with E-state index in [2.05, 4.69) is 0 Å². The molecule has 0 N–H and O–H groups in total. The van der Waals surface area contributed by atoms with Gasteiger partial charge < -0.3 is 28.3 Å². The van der Waals surface area contributed by atoms with Gasteiger partial charge in [0.1, 0.15) is 5.58 Å². The molecule has 0 saturated heterocycles. The molecular formula is C24H25NO7. The zero-order valence-electron chi connectivity index (χ0n) is 18.7. The summed E-state index contributed by atoms with van der Waals surface area (Å²) in [6, 6.07) is 8.13. The van der Waals surface area contributed by atoms with Crippen LogP contribution >= 0.6 is 0 Å². The molecule has 32 heavy (non-hydrogen) atoms. The zero-order valence-corrected chi connectivity index (χ0v) is 18.7. The average molecular weight is 439 g/mol. The van der Waals surface area contributed by atoms with E-state index in [9.17, 15) is 9.59 Å². The normalized spacial score (nSPS) is 15.2. The van der Waals surface area contributed by atoms with Crippen molar-refractivity contribution in [3.8, 4) is 17.2 Å². The third kappa shape index (κ3) is 3.36. The first-order valence-corrected chi connectivity index (χ1v) is 10.1. The Labute approximate surface area is 185 Å². The summed E-state index contributed by atoms with van der Waals surface area (Å²) in [5.41, 5.74) is 2.00. The molecule has 8 heteroatoms. The maximum atomic E-state index is 13.6. The lowest BCUT2D eigenvalue weighted by Gasteiger charge is -2.26. The van der Waals surface area contributed by atoms with Gasteiger partial charge in [-0.2, -0.15) is 0 Å². The Balaban J connectivity index is 2.00. The van der Waals surface area contributed by atoms with Crippen LogP contribution in [0.5, 0.6) is 17.2 Å². The lowest BCUT2D eigenvalue weighted by molar-refractivity contribution is 0.0662. The first-order chi connectivity index (χ1) is 15.4. The first-order valence-electron chi connectivity index (χ1n) is 10.1. The SMILES string of the molecule is COCCN1C(=O)c2oc3ccc(C)cc3c(=O)c2[C@@H]1c1cc(OC)c(OC)c(OC)c1. The molecule has 2 aromatic carbocycles. The third-order valence-corrected chi connectivity index (χ3v) is 5.66. The van der Waals surface area contributed by atoms with Crippen molar-refractivity contribution in [1.82, 2.24) is 4.90 Å². The number of methoxy groups -OCH3 is 4. The van der Waals surface area contributed by atoms with Gasteiger partial charge in [0.15, 0.2) is 16.9 Å². The molecule has 168 valence electrons. The second kappa shape index (κ2) is 8.55. The van der Waals surface area contributed by atoms with Crippen molar-refractivity contribution in [2.75, 3.05) is 41.6 Å². The maximum absolute atomic E-state index is 13.6. The summed E-state index contributed by atoms with van der Waals surface area (Å²) in [5, 5.41) is 0.433. The smallest absolute Gasteiger partial charge is 0.290 e. The minimum Gasteiger partial charge on any atom is -0.493 e. The summed E-state index contributed by atoms with van der Waals surface area (Å²) in [5.74, 6) is 0.954. The van der Waals surface area contributed by atoms with E-state index in [0.717, 1.165) is 5.56 Å². The number of hydrogen-bond donors (Lipinski definition) is 0. The predicted octanol–water partition coefficient (Wildman–Crippen LogP) is 3.32. The summed E-state index contributed by atoms with van der Waals surface area (Å²) in [6.45, 7) is 2.47. The fraction of sp³-hybridized carbons (Fsp3) is 0.333. The molecule has 0 spiro atoms. The molecule has 1 aromatic heterocycles. The Bertz CT molecular complexity index is 1220. The highest BCUT2D eigenvalue weighted by Gasteiger charge is 2.43. The summed E-state index contributed by atoms with van der Waals surface area (Å²) in [7, 11) is 6.11. The molecule has 1 aliphatic rings. The van der Waals surface area contributed by atoms with Crippen molar-refractivity contribution in [1.29, 1.82) is 0 Å². The number of fused-ring (bicyclic) bond motifs is 2. The van der Waals surface area contributed by atoms with Gasteiger partial charge in [0.2, 0.25) is 11.5 Å². The van der Waals surface area contributed by atoms with Gasteiger partial charge in [0.05, 0.1) is 44.9 Å². The summed E-state index contributed by atoms with van der Waals surface area (Å²) in [4.78, 5) is 28.5. The molecule has 4 rings (SSSR count). The van der Waals surface area contributed by atoms with Crippen LogP contribution in [0.4, 0.5) is 0 Å². The van der Waals surface area contributed by atoms with E-state index in [1.54, 1.807) is 36.3 Å². The van der Waals surface area contributed by atoms with Crippen molar-refractivity contribution in [2.24, 2.45) is 0 Å². The quantitative estimate of drug-likeness (QED) is 0.558. The van der Waals surface area contributed by atoms with Crippen LogP contribution in [-0.4, -0.2) is 52.4 Å². The number of carbonyl (C=O) groups is 1. The molecule has 0 bridgehead atoms. The van der Waals surface area contributed by atoms with Crippen molar-refractivity contribution in [3.63, 3.8) is 0 Å². The fourth-order valence-corrected chi connectivity index (χ4v) is 4.16. The van der Waals surface area contributed by atoms with Crippen molar-refractivity contribution in [3.05, 3.63) is 63.0 Å². The molecule has 2 heterocycles. The fourth-order valence-electron chi connectivity index (χ4n) is 4.16. The number of rotatable bonds is 7. The highest BCUT2D eigenvalue weighted by Crippen LogP contribution is 2.44. The van der Waals surface area contributed by atoms with E-state index in [0.29, 0.717) is 46.0 Å². The number of amides is 1. The van der Waals surface area contributed by atoms with Gasteiger partial charge in [-0.1, -0.05) is 11.6 Å². The second-order valence-electron chi connectivity index (χ2n) is 7.53. The van der Waals surface area contributed by atoms with Crippen LogP contribution in [0.1, 0.15) is 33.3 Å². The number of hydrogen-bond acceptors (Lipinski definition) is 7. The largest absolute Gasteiger partial charge is 0.493 e. The number of carbonyl (C=O) groups excluding carboxylic acids is 1. The monoisotopic (exact) mass is 439 g/mol. The number of aryl methyl sites for hydroxylation is 1. The van der Waals surface area contributed by atoms with Crippen LogP contribution in [0.15, 0.2) is 39.5 Å². The van der Waals surface area contributed by atoms with E-state index < -0.39 is 6.04 Å². The van der Waals surface area contributed by atoms with Crippen LogP contribution < -0.4 is 19.6 Å². The Hall–Kier alpha value is -3.52. The van der Waals surface area contributed by atoms with Crippen LogP contribution in [-0.2, 0) is 4.74 Å². The summed E-state index contributed by atoms with van der Waals surface area (Å²) >= 11 is 0. The van der Waals surface area contributed by atoms with E-state index >= 15 is 0 Å². The summed E-state index contributed by atoms with van der Waals surface area (Å²) < 4.78 is 27.6. The molecule has 1 aliphatic heterocycles. The minimum atomic E-state index is -0.692. The zero-order chi connectivity index (χ0) is 23.0. The van der Waals surface area contributed by atoms with Gasteiger partial charge in [-0.3, -0.25) is 9.59 Å². The van der Waals surface area contributed by atoms with E-state index in [1.165, 1.54) is 21.3 Å². The highest BCUT2D eigenvalue weighted by molar-refractivity contribution is 5.99. The second-order valence-corrected chi connectivity index (χ2v) is 7.53. The predicted molar refractivity (Wildman–Crippen MR) is 118 cm³/mol. The summed E-state index contributed by atoms with van der Waals surface area (Å²) in [6.07, 6.45) is 0. The van der Waals surface area contributed by atoms with Crippen molar-refractivity contribution < 1.29 is 28.2 Å². The van der Waals surface area contributed by atoms with Crippen molar-refractivity contribution in [2.45, 2.75) is 13.0 Å². The highest BCUT2D eigenvalue weighted by atomic mass is 16.5. The maximum Gasteiger partial charge on any atom is 0.290 e. The molecule has 0 saturated carbocycles. The van der Waals surface area contributed by atoms with Gasteiger partial charge in [-0.15, -0.1) is 0 Å². The van der Waals surface area contributed by atoms with Crippen LogP contribution in [0.3, 0.4) is 0 Å². The molecular weight excluding hydrogens is 414 g/mol. The van der Waals surface area contributed by atoms with E-state index in [1.807, 2.05) is 13.0 Å². The van der Waals surface area contributed by atoms with Gasteiger partial charge in [-0.05, 0) is 36.8 Å². The van der Waals surface area contributed by atoms with Gasteiger partial charge in [-0.25, -0.2) is 0 Å². The minimum absolute atomic E-state index is 0.0428. The van der Waals surface area contributed by atoms with Crippen molar-refractivity contribution >= 4 is 16.9 Å². The third-order valence-electron chi connectivity index (χ3n) is 5.66. The molecule has 3 aromatic rings. The Morgan fingerprint density at radius 2 is 1.66 bits per heavy atom. The Kier molecular flexibility index (Phi) is 5.80. The lowest BCUT2D eigenvalue weighted by atomic mass is 9.97. The molecule has 0 radical (unpaired) electrons. The Morgan fingerprint density at radius 3 is 2.25 bits per heavy atom. The number of benzene rings is 2. The molecule has 1 atom stereocenters. The number of nitrogens with zero attached hydrogens (tertiary/aromatic N) is 1. The van der Waals surface area contributed by atoms with Gasteiger partial charge in [0, 0.05) is 13.7 Å². The molecule has 0 fully saturated rings. The molecule has 1 amide bonds. The molecule has 0 aliphatic carbocycles. The van der Waals surface area contributed by atoms with Crippen LogP contribution in [0.2, 0.25) is 0 Å². The number of ether oxygens (including phenoxy) is 4. The molecule has 8 nitrogen and oxygen atoms in total. The van der Waals surface area contributed by atoms with E-state index in [-0.39, 0.29) is 23.6 Å². The standard InChI is InChI=1S/C24H25NO7/c1-13-6-7-16-15(10-13)21(26)19-20(25(8-9-28-2)24(27)23(19)32-16)14-11-17(29-3)22(31-5)18(12-14)30-4/h6-7,10-12,20H,8-9H2,1-5H3/t20-/m0/s1. The Morgan fingerprint density at radius 1 is 0.969 bits per heavy atom. The lowest BCUT2D eigenvalue weighted by Crippen LogP contribution is -2.32.